The Labute approximate surface area is 342 Å². The highest BCUT2D eigenvalue weighted by Gasteiger charge is 2.27. The lowest BCUT2D eigenvalue weighted by Crippen LogP contribution is -1.88. The van der Waals surface area contributed by atoms with Crippen molar-refractivity contribution in [1.82, 2.24) is 0 Å². The van der Waals surface area contributed by atoms with Crippen molar-refractivity contribution >= 4 is 189 Å². The van der Waals surface area contributed by atoms with E-state index in [9.17, 15) is 0 Å². The van der Waals surface area contributed by atoms with Crippen molar-refractivity contribution in [2.24, 2.45) is 0 Å². The third kappa shape index (κ3) is 10.0. The summed E-state index contributed by atoms with van der Waals surface area (Å²) in [6.45, 7) is 0. The molecule has 242 valence electrons. The van der Waals surface area contributed by atoms with Gasteiger partial charge in [0.05, 0.1) is 46.6 Å². The van der Waals surface area contributed by atoms with E-state index in [0.29, 0.717) is 0 Å². The fourth-order valence-electron chi connectivity index (χ4n) is 4.08. The lowest BCUT2D eigenvalue weighted by molar-refractivity contribution is 1.35. The molecule has 16 heteroatoms. The average Bonchev–Trinajstić information content (AvgIpc) is 3.88. The molecule has 0 amide bonds. The van der Waals surface area contributed by atoms with Gasteiger partial charge in [0.25, 0.3) is 0 Å². The molecule has 46 heavy (non-hydrogen) atoms. The Bertz CT molecular complexity index is 1450. The summed E-state index contributed by atoms with van der Waals surface area (Å²) in [5.41, 5.74) is 2.77. The minimum atomic E-state index is 0.796. The quantitative estimate of drug-likeness (QED) is 0.221. The van der Waals surface area contributed by atoms with Gasteiger partial charge in [-0.05, 0) is 41.7 Å². The van der Waals surface area contributed by atoms with Gasteiger partial charge in [-0.2, -0.15) is 12.6 Å². The fourth-order valence-corrected chi connectivity index (χ4v) is 25.3. The molecular formula is C30H26S16. The van der Waals surface area contributed by atoms with Crippen LogP contribution < -0.4 is 0 Å². The molecule has 0 aliphatic carbocycles. The summed E-state index contributed by atoms with van der Waals surface area (Å²) in [6, 6.07) is 9.27. The van der Waals surface area contributed by atoms with Gasteiger partial charge < -0.3 is 0 Å². The van der Waals surface area contributed by atoms with Gasteiger partial charge in [0, 0.05) is 45.2 Å². The van der Waals surface area contributed by atoms with Crippen molar-refractivity contribution in [3.63, 3.8) is 0 Å². The molecule has 0 radical (unpaired) electrons. The number of allylic oxidation sites excluding steroid dienone is 4. The topological polar surface area (TPSA) is 0 Å². The standard InChI is InChI=1S/C30H26S16/c1-32-25-26(42-21(41-25)8-9-23-45-29-30(46-23)36-13-12-35-29)38-16-18-4-2-17(3-5-18)15-37-24-19(14-31)39-20(40-24)6-7-22-43-27-28(44-22)34-11-10-33-27/h2-9,31H,10-16H2,1H3. The van der Waals surface area contributed by atoms with Crippen LogP contribution in [0, 0.1) is 0 Å². The molecule has 1 aromatic carbocycles. The van der Waals surface area contributed by atoms with Crippen LogP contribution in [-0.2, 0) is 11.5 Å². The van der Waals surface area contributed by atoms with Crippen molar-refractivity contribution in [3.05, 3.63) is 111 Å². The molecule has 0 atom stereocenters. The van der Waals surface area contributed by atoms with Crippen LogP contribution in [0.15, 0.2) is 100 Å². The van der Waals surface area contributed by atoms with Gasteiger partial charge in [-0.15, -0.1) is 82.3 Å². The van der Waals surface area contributed by atoms with E-state index in [1.165, 1.54) is 85.7 Å². The zero-order valence-electron chi connectivity index (χ0n) is 24.1. The molecule has 6 heterocycles. The molecule has 0 bridgehead atoms. The van der Waals surface area contributed by atoms with Crippen molar-refractivity contribution in [3.8, 4) is 0 Å². The monoisotopic (exact) mass is 898 g/mol. The maximum Gasteiger partial charge on any atom is 0.0663 e. The Hall–Kier alpha value is 2.74. The summed E-state index contributed by atoms with van der Waals surface area (Å²) >= 11 is 34.0. The second-order valence-corrected chi connectivity index (χ2v) is 28.2. The first-order valence-corrected chi connectivity index (χ1v) is 28.2. The summed E-state index contributed by atoms with van der Waals surface area (Å²) in [5.74, 6) is 7.74. The molecule has 0 unspecified atom stereocenters. The van der Waals surface area contributed by atoms with Gasteiger partial charge in [0.1, 0.15) is 0 Å². The van der Waals surface area contributed by atoms with E-state index in [-0.39, 0.29) is 0 Å². The number of thiol groups is 1. The summed E-state index contributed by atoms with van der Waals surface area (Å²) < 4.78 is 15.9. The average molecular weight is 900 g/mol. The van der Waals surface area contributed by atoms with E-state index >= 15 is 0 Å². The van der Waals surface area contributed by atoms with E-state index in [2.05, 4.69) is 67.5 Å². The van der Waals surface area contributed by atoms with Crippen LogP contribution in [0.2, 0.25) is 0 Å². The molecule has 0 aromatic heterocycles. The zero-order chi connectivity index (χ0) is 31.3. The molecule has 6 aliphatic rings. The molecule has 1 aromatic rings. The Kier molecular flexibility index (Phi) is 15.0. The molecule has 0 fully saturated rings. The summed E-state index contributed by atoms with van der Waals surface area (Å²) in [7, 11) is 0. The summed E-state index contributed by atoms with van der Waals surface area (Å²) in [4.78, 5) is 1.38. The molecule has 0 spiro atoms. The molecular weight excluding hydrogens is 873 g/mol. The molecule has 0 N–H and O–H groups in total. The number of hydrogen-bond acceptors (Lipinski definition) is 16. The lowest BCUT2D eigenvalue weighted by Gasteiger charge is -2.08. The Morgan fingerprint density at radius 1 is 0.543 bits per heavy atom. The highest BCUT2D eigenvalue weighted by atomic mass is 32.3. The van der Waals surface area contributed by atoms with Crippen molar-refractivity contribution in [2.75, 3.05) is 35.0 Å². The van der Waals surface area contributed by atoms with E-state index in [1.54, 1.807) is 0 Å². The van der Waals surface area contributed by atoms with E-state index in [0.717, 1.165) is 17.3 Å². The fraction of sp³-hybridized carbons (Fsp3) is 0.267. The zero-order valence-corrected chi connectivity index (χ0v) is 37.3. The van der Waals surface area contributed by atoms with E-state index in [4.69, 9.17) is 0 Å². The van der Waals surface area contributed by atoms with Crippen molar-refractivity contribution in [1.29, 1.82) is 0 Å². The Balaban J connectivity index is 0.876. The van der Waals surface area contributed by atoms with Gasteiger partial charge >= 0.3 is 0 Å². The second-order valence-electron chi connectivity index (χ2n) is 9.34. The number of benzene rings is 1. The predicted molar refractivity (Wildman–Crippen MR) is 247 cm³/mol. The first kappa shape index (κ1) is 37.1. The third-order valence-corrected chi connectivity index (χ3v) is 27.5. The minimum absolute atomic E-state index is 0.796. The Morgan fingerprint density at radius 3 is 1.39 bits per heavy atom. The molecule has 7 rings (SSSR count). The van der Waals surface area contributed by atoms with Crippen LogP contribution in [0.3, 0.4) is 0 Å². The van der Waals surface area contributed by atoms with Crippen LogP contribution in [0.4, 0.5) is 0 Å². The van der Waals surface area contributed by atoms with Crippen LogP contribution in [-0.4, -0.2) is 35.0 Å². The molecule has 6 aliphatic heterocycles. The van der Waals surface area contributed by atoms with Gasteiger partial charge in [-0.25, -0.2) is 0 Å². The van der Waals surface area contributed by atoms with Crippen LogP contribution in [0.1, 0.15) is 11.1 Å². The maximum atomic E-state index is 4.66. The first-order chi connectivity index (χ1) is 22.6. The molecule has 0 saturated carbocycles. The SMILES string of the molecule is CSC1=C(SCc2ccc(CSC3=C(CS)SC(=CC=C4SC5=C(SCCS5)S4)S3)cc2)SC(=CC=C2SC3=C(SCCS3)S2)S1. The van der Waals surface area contributed by atoms with Crippen LogP contribution in [0.5, 0.6) is 0 Å². The maximum absolute atomic E-state index is 4.66. The molecule has 0 nitrogen and oxygen atoms in total. The summed E-state index contributed by atoms with van der Waals surface area (Å²) in [6.07, 6.45) is 11.5. The van der Waals surface area contributed by atoms with E-state index in [1.807, 2.05) is 176 Å². The van der Waals surface area contributed by atoms with Gasteiger partial charge in [-0.1, -0.05) is 118 Å². The first-order valence-electron chi connectivity index (χ1n) is 13.9. The van der Waals surface area contributed by atoms with Crippen LogP contribution >= 0.6 is 189 Å². The number of rotatable bonds is 10. The highest BCUT2D eigenvalue weighted by Crippen LogP contribution is 2.62. The Morgan fingerprint density at radius 2 is 0.935 bits per heavy atom. The number of thioether (sulfide) groups is 15. The van der Waals surface area contributed by atoms with Gasteiger partial charge in [-0.3, -0.25) is 0 Å². The van der Waals surface area contributed by atoms with E-state index < -0.39 is 0 Å². The molecule has 0 saturated heterocycles. The van der Waals surface area contributed by atoms with Crippen molar-refractivity contribution < 1.29 is 0 Å². The smallest absolute Gasteiger partial charge is 0.0663 e. The minimum Gasteiger partial charge on any atom is -0.174 e. The lowest BCUT2D eigenvalue weighted by atomic mass is 10.2. The highest BCUT2D eigenvalue weighted by molar-refractivity contribution is 8.42. The summed E-state index contributed by atoms with van der Waals surface area (Å²) in [5, 5.41) is 0. The van der Waals surface area contributed by atoms with Gasteiger partial charge in [0.2, 0.25) is 0 Å². The third-order valence-electron chi connectivity index (χ3n) is 6.21. The second kappa shape index (κ2) is 18.7. The number of hydrogen-bond donors (Lipinski definition) is 1. The van der Waals surface area contributed by atoms with Crippen molar-refractivity contribution in [2.45, 2.75) is 11.5 Å². The predicted octanol–water partition coefficient (Wildman–Crippen LogP) is 15.2. The normalized spacial score (nSPS) is 23.5. The largest absolute Gasteiger partial charge is 0.174 e. The van der Waals surface area contributed by atoms with Crippen LogP contribution in [0.25, 0.3) is 0 Å². The van der Waals surface area contributed by atoms with Gasteiger partial charge in [0.15, 0.2) is 0 Å².